The number of carbonyl (C=O) groups excluding carboxylic acids is 2. The number of imide groups is 1. The molecule has 1 aromatic heterocycles. The van der Waals surface area contributed by atoms with Crippen molar-refractivity contribution < 1.29 is 14.3 Å². The van der Waals surface area contributed by atoms with Gasteiger partial charge in [0.25, 0.3) is 0 Å². The second-order valence-electron chi connectivity index (χ2n) is 6.47. The van der Waals surface area contributed by atoms with Crippen LogP contribution in [0.5, 0.6) is 0 Å². The Morgan fingerprint density at radius 2 is 2.18 bits per heavy atom. The number of urea groups is 1. The summed E-state index contributed by atoms with van der Waals surface area (Å²) >= 11 is 1.11. The average Bonchev–Trinajstić information content (AvgIpc) is 3.32. The van der Waals surface area contributed by atoms with Crippen molar-refractivity contribution in [3.8, 4) is 0 Å². The monoisotopic (exact) mass is 405 g/mol. The minimum absolute atomic E-state index is 0.0254. The fraction of sp³-hybridized carbons (Fsp3) is 0.444. The fourth-order valence-electron chi connectivity index (χ4n) is 2.79. The Kier molecular flexibility index (Phi) is 6.88. The lowest BCUT2D eigenvalue weighted by atomic mass is 10.2. The molecular formula is C18H23N5O4S. The first kappa shape index (κ1) is 20.2. The molecule has 10 heteroatoms. The molecule has 2 heterocycles. The maximum atomic E-state index is 12.3. The van der Waals surface area contributed by atoms with Crippen molar-refractivity contribution in [1.82, 2.24) is 25.4 Å². The summed E-state index contributed by atoms with van der Waals surface area (Å²) in [6, 6.07) is 8.83. The first-order chi connectivity index (χ1) is 13.5. The summed E-state index contributed by atoms with van der Waals surface area (Å²) in [5.41, 5.74) is 0.591. The lowest BCUT2D eigenvalue weighted by Crippen LogP contribution is -2.42. The fourth-order valence-corrected chi connectivity index (χ4v) is 3.66. The lowest BCUT2D eigenvalue weighted by Gasteiger charge is -2.14. The minimum Gasteiger partial charge on any atom is -0.376 e. The van der Waals surface area contributed by atoms with Crippen LogP contribution in [0, 0.1) is 0 Å². The maximum absolute atomic E-state index is 12.3. The summed E-state index contributed by atoms with van der Waals surface area (Å²) in [6.45, 7) is 3.06. The predicted octanol–water partition coefficient (Wildman–Crippen LogP) is 1.26. The van der Waals surface area contributed by atoms with Gasteiger partial charge >= 0.3 is 11.7 Å². The Morgan fingerprint density at radius 3 is 2.89 bits per heavy atom. The van der Waals surface area contributed by atoms with Gasteiger partial charge in [-0.1, -0.05) is 42.1 Å². The summed E-state index contributed by atoms with van der Waals surface area (Å²) in [4.78, 5) is 36.2. The Hall–Kier alpha value is -2.59. The van der Waals surface area contributed by atoms with Crippen LogP contribution in [-0.2, 0) is 22.6 Å². The van der Waals surface area contributed by atoms with E-state index in [1.807, 2.05) is 30.3 Å². The Balaban J connectivity index is 1.51. The zero-order valence-electron chi connectivity index (χ0n) is 15.5. The third-order valence-corrected chi connectivity index (χ3v) is 5.41. The number of amides is 3. The molecule has 1 aliphatic heterocycles. The Labute approximate surface area is 166 Å². The highest BCUT2D eigenvalue weighted by molar-refractivity contribution is 8.00. The highest BCUT2D eigenvalue weighted by atomic mass is 32.2. The minimum atomic E-state index is -0.610. The van der Waals surface area contributed by atoms with Gasteiger partial charge in [-0.05, 0) is 25.3 Å². The molecule has 0 radical (unpaired) electrons. The number of benzene rings is 1. The van der Waals surface area contributed by atoms with E-state index in [-0.39, 0.29) is 11.8 Å². The van der Waals surface area contributed by atoms with Crippen LogP contribution >= 0.6 is 11.8 Å². The zero-order valence-corrected chi connectivity index (χ0v) is 16.3. The van der Waals surface area contributed by atoms with Crippen molar-refractivity contribution in [2.45, 2.75) is 49.4 Å². The van der Waals surface area contributed by atoms with Gasteiger partial charge in [0.05, 0.1) is 17.9 Å². The first-order valence-corrected chi connectivity index (χ1v) is 9.97. The Morgan fingerprint density at radius 1 is 1.39 bits per heavy atom. The highest BCUT2D eigenvalue weighted by Gasteiger charge is 2.23. The van der Waals surface area contributed by atoms with E-state index in [9.17, 15) is 14.4 Å². The molecule has 150 valence electrons. The van der Waals surface area contributed by atoms with Gasteiger partial charge in [-0.15, -0.1) is 5.10 Å². The number of hydrogen-bond donors (Lipinski definition) is 3. The van der Waals surface area contributed by atoms with Gasteiger partial charge in [-0.2, -0.15) is 0 Å². The van der Waals surface area contributed by atoms with E-state index < -0.39 is 17.2 Å². The van der Waals surface area contributed by atoms with E-state index in [0.717, 1.165) is 30.2 Å². The van der Waals surface area contributed by atoms with Crippen LogP contribution in [0.2, 0.25) is 0 Å². The summed E-state index contributed by atoms with van der Waals surface area (Å²) in [5, 5.41) is 11.1. The van der Waals surface area contributed by atoms with Crippen molar-refractivity contribution in [3.05, 3.63) is 46.4 Å². The summed E-state index contributed by atoms with van der Waals surface area (Å²) < 4.78 is 7.03. The highest BCUT2D eigenvalue weighted by Crippen LogP contribution is 2.22. The SMILES string of the molecule is C[C@H](Sc1n[nH]c(=O)n1C[C@H]1CCCO1)C(=O)NC(=O)NCc1ccccc1. The van der Waals surface area contributed by atoms with Crippen LogP contribution in [0.1, 0.15) is 25.3 Å². The van der Waals surface area contributed by atoms with E-state index in [4.69, 9.17) is 4.74 Å². The van der Waals surface area contributed by atoms with Crippen LogP contribution in [-0.4, -0.2) is 44.7 Å². The van der Waals surface area contributed by atoms with Gasteiger partial charge in [-0.25, -0.2) is 14.7 Å². The number of carbonyl (C=O) groups is 2. The zero-order chi connectivity index (χ0) is 19.9. The van der Waals surface area contributed by atoms with Crippen LogP contribution in [0.4, 0.5) is 4.79 Å². The number of aromatic amines is 1. The van der Waals surface area contributed by atoms with E-state index in [1.165, 1.54) is 4.57 Å². The second-order valence-corrected chi connectivity index (χ2v) is 7.78. The third kappa shape index (κ3) is 5.46. The summed E-state index contributed by atoms with van der Waals surface area (Å²) in [6.07, 6.45) is 1.83. The quantitative estimate of drug-likeness (QED) is 0.597. The number of rotatable bonds is 7. The molecule has 0 saturated carbocycles. The van der Waals surface area contributed by atoms with Gasteiger partial charge in [0.15, 0.2) is 5.16 Å². The summed E-state index contributed by atoms with van der Waals surface area (Å²) in [7, 11) is 0. The van der Waals surface area contributed by atoms with E-state index >= 15 is 0 Å². The number of thioether (sulfide) groups is 1. The molecule has 9 nitrogen and oxygen atoms in total. The molecule has 3 N–H and O–H groups in total. The first-order valence-electron chi connectivity index (χ1n) is 9.09. The van der Waals surface area contributed by atoms with Crippen molar-refractivity contribution in [1.29, 1.82) is 0 Å². The molecule has 3 rings (SSSR count). The van der Waals surface area contributed by atoms with E-state index in [2.05, 4.69) is 20.8 Å². The molecule has 0 unspecified atom stereocenters. The van der Waals surface area contributed by atoms with Gasteiger partial charge in [-0.3, -0.25) is 14.7 Å². The van der Waals surface area contributed by atoms with E-state index in [0.29, 0.717) is 24.9 Å². The number of hydrogen-bond acceptors (Lipinski definition) is 6. The lowest BCUT2D eigenvalue weighted by molar-refractivity contribution is -0.119. The number of H-pyrrole nitrogens is 1. The molecule has 0 aliphatic carbocycles. The standard InChI is InChI=1S/C18H23N5O4S/c1-12(15(24)20-16(25)19-10-13-6-3-2-4-7-13)28-18-22-21-17(26)23(18)11-14-8-5-9-27-14/h2-4,6-7,12,14H,5,8-11H2,1H3,(H,21,26)(H2,19,20,24,25)/t12-,14+/m0/s1. The number of ether oxygens (including phenoxy) is 1. The average molecular weight is 405 g/mol. The Bertz CT molecular complexity index is 860. The molecule has 1 aliphatic rings. The van der Waals surface area contributed by atoms with Gasteiger partial charge < -0.3 is 10.1 Å². The van der Waals surface area contributed by atoms with Gasteiger partial charge in [0.2, 0.25) is 5.91 Å². The number of aromatic nitrogens is 3. The van der Waals surface area contributed by atoms with Crippen LogP contribution in [0.15, 0.2) is 40.3 Å². The molecule has 0 bridgehead atoms. The molecule has 28 heavy (non-hydrogen) atoms. The van der Waals surface area contributed by atoms with Gasteiger partial charge in [0, 0.05) is 13.2 Å². The molecule has 3 amide bonds. The molecule has 0 spiro atoms. The normalized spacial score (nSPS) is 17.2. The van der Waals surface area contributed by atoms with Crippen molar-refractivity contribution in [3.63, 3.8) is 0 Å². The molecule has 1 saturated heterocycles. The molecule has 2 atom stereocenters. The van der Waals surface area contributed by atoms with Crippen LogP contribution in [0.25, 0.3) is 0 Å². The number of nitrogens with one attached hydrogen (secondary N) is 3. The summed E-state index contributed by atoms with van der Waals surface area (Å²) in [5.74, 6) is -0.463. The van der Waals surface area contributed by atoms with Crippen LogP contribution < -0.4 is 16.3 Å². The molecule has 1 fully saturated rings. The topological polar surface area (TPSA) is 118 Å². The number of nitrogens with zero attached hydrogens (tertiary/aromatic N) is 2. The smallest absolute Gasteiger partial charge is 0.344 e. The van der Waals surface area contributed by atoms with Gasteiger partial charge in [0.1, 0.15) is 0 Å². The molecular weight excluding hydrogens is 382 g/mol. The van der Waals surface area contributed by atoms with Crippen LogP contribution in [0.3, 0.4) is 0 Å². The van der Waals surface area contributed by atoms with Crippen molar-refractivity contribution >= 4 is 23.7 Å². The molecule has 2 aromatic rings. The van der Waals surface area contributed by atoms with E-state index in [1.54, 1.807) is 6.92 Å². The third-order valence-electron chi connectivity index (χ3n) is 4.32. The predicted molar refractivity (Wildman–Crippen MR) is 104 cm³/mol. The maximum Gasteiger partial charge on any atom is 0.344 e. The van der Waals surface area contributed by atoms with Crippen molar-refractivity contribution in [2.75, 3.05) is 6.61 Å². The van der Waals surface area contributed by atoms with Crippen molar-refractivity contribution in [2.24, 2.45) is 0 Å². The largest absolute Gasteiger partial charge is 0.376 e. The second kappa shape index (κ2) is 9.56. The molecule has 1 aromatic carbocycles.